The van der Waals surface area contributed by atoms with Crippen LogP contribution in [0.1, 0.15) is 25.6 Å². The second kappa shape index (κ2) is 8.10. The topological polar surface area (TPSA) is 102 Å². The van der Waals surface area contributed by atoms with Crippen molar-refractivity contribution in [2.45, 2.75) is 47.6 Å². The van der Waals surface area contributed by atoms with Gasteiger partial charge in [-0.3, -0.25) is 9.69 Å². The minimum atomic E-state index is -3.60. The Bertz CT molecular complexity index is 1430. The summed E-state index contributed by atoms with van der Waals surface area (Å²) in [6.07, 6.45) is 0.660. The molecule has 5 rings (SSSR count). The van der Waals surface area contributed by atoms with Crippen molar-refractivity contribution in [3.05, 3.63) is 48.3 Å². The van der Waals surface area contributed by atoms with Gasteiger partial charge in [0.1, 0.15) is 12.4 Å². The number of nitrogens with zero attached hydrogens (tertiary/aromatic N) is 4. The predicted molar refractivity (Wildman–Crippen MR) is 128 cm³/mol. The first-order chi connectivity index (χ1) is 16.2. The normalized spacial score (nSPS) is 19.6. The Hall–Kier alpha value is -2.89. The minimum absolute atomic E-state index is 0.0855. The van der Waals surface area contributed by atoms with Crippen LogP contribution in [0.25, 0.3) is 11.0 Å². The molecular weight excluding hydrogens is 476 g/mol. The average Bonchev–Trinajstić information content (AvgIpc) is 3.46. The third-order valence-corrected chi connectivity index (χ3v) is 9.49. The maximum Gasteiger partial charge on any atom is 0.343 e. The highest BCUT2D eigenvalue weighted by Crippen LogP contribution is 2.56. The molecule has 1 amide bonds. The van der Waals surface area contributed by atoms with E-state index in [9.17, 15) is 18.0 Å². The van der Waals surface area contributed by atoms with Gasteiger partial charge < -0.3 is 9.30 Å². The number of amides is 1. The van der Waals surface area contributed by atoms with Crippen LogP contribution in [0, 0.1) is 0 Å². The van der Waals surface area contributed by atoms with Crippen LogP contribution >= 0.6 is 11.8 Å². The number of hydrogen-bond acceptors (Lipinski definition) is 7. The van der Waals surface area contributed by atoms with Crippen molar-refractivity contribution >= 4 is 50.4 Å². The van der Waals surface area contributed by atoms with E-state index in [2.05, 4.69) is 4.98 Å². The van der Waals surface area contributed by atoms with Gasteiger partial charge in [0.05, 0.1) is 21.6 Å². The van der Waals surface area contributed by atoms with Crippen LogP contribution in [0.5, 0.6) is 0 Å². The highest BCUT2D eigenvalue weighted by Gasteiger charge is 2.58. The van der Waals surface area contributed by atoms with Crippen molar-refractivity contribution in [2.75, 3.05) is 19.0 Å². The summed E-state index contributed by atoms with van der Waals surface area (Å²) in [5, 5.41) is 0. The van der Waals surface area contributed by atoms with Gasteiger partial charge in [0, 0.05) is 38.4 Å². The lowest BCUT2D eigenvalue weighted by atomic mass is 10.2. The van der Waals surface area contributed by atoms with E-state index in [0.717, 1.165) is 20.4 Å². The Morgan fingerprint density at radius 1 is 1.24 bits per heavy atom. The number of hydrogen-bond donors (Lipinski definition) is 0. The smallest absolute Gasteiger partial charge is 0.343 e. The molecule has 1 unspecified atom stereocenters. The monoisotopic (exact) mass is 500 g/mol. The van der Waals surface area contributed by atoms with E-state index in [1.807, 2.05) is 35.8 Å². The second-order valence-electron chi connectivity index (χ2n) is 8.37. The van der Waals surface area contributed by atoms with Crippen LogP contribution in [0.3, 0.4) is 0 Å². The summed E-state index contributed by atoms with van der Waals surface area (Å²) in [5.74, 6) is -0.0620. The number of carbonyl (C=O) groups excluding carboxylic acids is 2. The summed E-state index contributed by atoms with van der Waals surface area (Å²) >= 11 is 1.36. The summed E-state index contributed by atoms with van der Waals surface area (Å²) in [6, 6.07) is 12.3. The number of thioether (sulfide) groups is 1. The van der Waals surface area contributed by atoms with Gasteiger partial charge in [0.25, 0.3) is 0 Å². The number of para-hydroxylation sites is 1. The summed E-state index contributed by atoms with van der Waals surface area (Å²) in [6.45, 7) is 2.42. The molecule has 1 aromatic heterocycles. The lowest BCUT2D eigenvalue weighted by Crippen LogP contribution is -2.47. The van der Waals surface area contributed by atoms with Crippen LogP contribution in [0.4, 0.5) is 5.69 Å². The number of sulfonamides is 1. The number of benzene rings is 2. The van der Waals surface area contributed by atoms with E-state index in [0.29, 0.717) is 24.3 Å². The van der Waals surface area contributed by atoms with Gasteiger partial charge >= 0.3 is 5.97 Å². The molecule has 0 N–H and O–H groups in total. The largest absolute Gasteiger partial charge is 0.455 e. The molecule has 178 valence electrons. The molecule has 3 aromatic rings. The van der Waals surface area contributed by atoms with Crippen LogP contribution in [0.15, 0.2) is 52.3 Å². The Morgan fingerprint density at radius 3 is 2.74 bits per heavy atom. The zero-order chi connectivity index (χ0) is 24.3. The maximum atomic E-state index is 13.4. The van der Waals surface area contributed by atoms with Gasteiger partial charge in [-0.05, 0) is 37.3 Å². The Kier molecular flexibility index (Phi) is 5.45. The van der Waals surface area contributed by atoms with Gasteiger partial charge in [-0.25, -0.2) is 22.5 Å². The number of rotatable bonds is 6. The summed E-state index contributed by atoms with van der Waals surface area (Å²) in [7, 11) is -0.645. The molecule has 0 spiro atoms. The Balaban J connectivity index is 1.43. The average molecular weight is 501 g/mol. The molecule has 1 atom stereocenters. The number of aryl methyl sites for hydroxylation is 1. The summed E-state index contributed by atoms with van der Waals surface area (Å²) in [4.78, 5) is 32.0. The zero-order valence-corrected chi connectivity index (χ0v) is 20.6. The molecule has 0 radical (unpaired) electrons. The molecule has 1 fully saturated rings. The van der Waals surface area contributed by atoms with Crippen LogP contribution in [-0.4, -0.2) is 53.1 Å². The van der Waals surface area contributed by atoms with Crippen molar-refractivity contribution in [3.8, 4) is 0 Å². The molecule has 0 bridgehead atoms. The third kappa shape index (κ3) is 3.33. The standard InChI is InChI=1S/C23H24N4O5S2/c1-4-26-17-10-9-15(34(30,31)25(2)3)13-16(17)24-20(26)14-32-22(29)23-12-11-21(28)27(23)18-7-5-6-8-19(18)33-23/h5-10,13H,4,11-12,14H2,1-3H3. The van der Waals surface area contributed by atoms with Gasteiger partial charge in [-0.15, -0.1) is 0 Å². The van der Waals surface area contributed by atoms with Crippen molar-refractivity contribution in [2.24, 2.45) is 0 Å². The van der Waals surface area contributed by atoms with Gasteiger partial charge in [-0.2, -0.15) is 0 Å². The quantitative estimate of drug-likeness (QED) is 0.480. The SMILES string of the molecule is CCn1c(COC(=O)C23CCC(=O)N2c2ccccc2S3)nc2cc(S(=O)(=O)N(C)C)ccc21. The molecule has 11 heteroatoms. The highest BCUT2D eigenvalue weighted by molar-refractivity contribution is 8.02. The van der Waals surface area contributed by atoms with Gasteiger partial charge in [0.2, 0.25) is 15.9 Å². The van der Waals surface area contributed by atoms with Gasteiger partial charge in [-0.1, -0.05) is 23.9 Å². The van der Waals surface area contributed by atoms with Crippen LogP contribution in [-0.2, 0) is 37.5 Å². The minimum Gasteiger partial charge on any atom is -0.455 e. The van der Waals surface area contributed by atoms with Crippen molar-refractivity contribution in [1.82, 2.24) is 13.9 Å². The molecule has 2 aliphatic rings. The fraction of sp³-hybridized carbons (Fsp3) is 0.348. The van der Waals surface area contributed by atoms with Crippen molar-refractivity contribution < 1.29 is 22.7 Å². The lowest BCUT2D eigenvalue weighted by Gasteiger charge is -2.28. The van der Waals surface area contributed by atoms with E-state index in [-0.39, 0.29) is 23.8 Å². The molecule has 0 saturated carbocycles. The molecule has 2 aromatic carbocycles. The number of imidazole rings is 1. The fourth-order valence-corrected chi connectivity index (χ4v) is 6.84. The lowest BCUT2D eigenvalue weighted by molar-refractivity contribution is -0.148. The van der Waals surface area contributed by atoms with Crippen molar-refractivity contribution in [3.63, 3.8) is 0 Å². The number of carbonyl (C=O) groups is 2. The number of aromatic nitrogens is 2. The third-order valence-electron chi connectivity index (χ3n) is 6.22. The number of fused-ring (bicyclic) bond motifs is 4. The van der Waals surface area contributed by atoms with Gasteiger partial charge in [0.15, 0.2) is 4.87 Å². The predicted octanol–water partition coefficient (Wildman–Crippen LogP) is 2.98. The molecule has 1 saturated heterocycles. The Labute approximate surface area is 201 Å². The molecule has 9 nitrogen and oxygen atoms in total. The van der Waals surface area contributed by atoms with Crippen LogP contribution < -0.4 is 4.90 Å². The van der Waals surface area contributed by atoms with E-state index < -0.39 is 20.9 Å². The second-order valence-corrected chi connectivity index (χ2v) is 11.8. The maximum absolute atomic E-state index is 13.4. The summed E-state index contributed by atoms with van der Waals surface area (Å²) < 4.78 is 33.8. The van der Waals surface area contributed by atoms with E-state index in [4.69, 9.17) is 4.74 Å². The molecule has 3 heterocycles. The van der Waals surface area contributed by atoms with E-state index in [1.165, 1.54) is 31.9 Å². The first-order valence-corrected chi connectivity index (χ1v) is 13.1. The van der Waals surface area contributed by atoms with E-state index in [1.54, 1.807) is 17.0 Å². The van der Waals surface area contributed by atoms with E-state index >= 15 is 0 Å². The number of esters is 1. The number of ether oxygens (including phenoxy) is 1. The number of anilines is 1. The highest BCUT2D eigenvalue weighted by atomic mass is 32.2. The Morgan fingerprint density at radius 2 is 2.00 bits per heavy atom. The van der Waals surface area contributed by atoms with Crippen LogP contribution in [0.2, 0.25) is 0 Å². The first kappa shape index (κ1) is 22.9. The summed E-state index contributed by atoms with van der Waals surface area (Å²) in [5.41, 5.74) is 2.00. The fourth-order valence-electron chi connectivity index (χ4n) is 4.51. The zero-order valence-electron chi connectivity index (χ0n) is 19.0. The molecule has 34 heavy (non-hydrogen) atoms. The van der Waals surface area contributed by atoms with Crippen molar-refractivity contribution in [1.29, 1.82) is 0 Å². The molecular formula is C23H24N4O5S2. The molecule has 2 aliphatic heterocycles. The molecule has 0 aliphatic carbocycles. The first-order valence-electron chi connectivity index (χ1n) is 10.9.